The number of nitrogens with zero attached hydrogens (tertiary/aromatic N) is 1. The molecule has 0 saturated carbocycles. The summed E-state index contributed by atoms with van der Waals surface area (Å²) in [6.45, 7) is 8.23. The smallest absolute Gasteiger partial charge is 0.123 e. The lowest BCUT2D eigenvalue weighted by atomic mass is 10.1. The van der Waals surface area contributed by atoms with Gasteiger partial charge in [-0.2, -0.15) is 0 Å². The fourth-order valence-electron chi connectivity index (χ4n) is 2.55. The normalized spacial score (nSPS) is 16.3. The molecule has 1 fully saturated rings. The topological polar surface area (TPSA) is 24.5 Å². The third-order valence-corrected chi connectivity index (χ3v) is 4.19. The molecule has 1 N–H and O–H groups in total. The van der Waals surface area contributed by atoms with Crippen LogP contribution in [0.2, 0.25) is 0 Å². The second-order valence-electron chi connectivity index (χ2n) is 5.28. The number of nitrogens with one attached hydrogen (secondary N) is 1. The molecule has 1 aromatic carbocycles. The number of likely N-dealkylation sites (tertiary alicyclic amines) is 1. The summed E-state index contributed by atoms with van der Waals surface area (Å²) in [5.41, 5.74) is 1.22. The first-order valence-electron chi connectivity index (χ1n) is 7.64. The van der Waals surface area contributed by atoms with Gasteiger partial charge < -0.3 is 10.1 Å². The van der Waals surface area contributed by atoms with Gasteiger partial charge in [0.2, 0.25) is 0 Å². The third kappa shape index (κ3) is 5.08. The van der Waals surface area contributed by atoms with Crippen LogP contribution in [0, 0.1) is 0 Å². The molecular formula is C16H25BrN2O. The van der Waals surface area contributed by atoms with E-state index >= 15 is 0 Å². The van der Waals surface area contributed by atoms with Gasteiger partial charge in [0.1, 0.15) is 12.4 Å². The molecule has 112 valence electrons. The SMILES string of the molecule is CCNCc1cc(Br)ccc1OCCN1CCCCC1. The molecule has 0 aliphatic carbocycles. The summed E-state index contributed by atoms with van der Waals surface area (Å²) in [5, 5.41) is 3.36. The van der Waals surface area contributed by atoms with Crippen molar-refractivity contribution in [2.75, 3.05) is 32.8 Å². The van der Waals surface area contributed by atoms with Gasteiger partial charge in [-0.1, -0.05) is 29.3 Å². The molecule has 0 spiro atoms. The number of hydrogen-bond acceptors (Lipinski definition) is 3. The summed E-state index contributed by atoms with van der Waals surface area (Å²) in [6.07, 6.45) is 4.06. The Kier molecular flexibility index (Phi) is 6.83. The van der Waals surface area contributed by atoms with Crippen molar-refractivity contribution < 1.29 is 4.74 Å². The highest BCUT2D eigenvalue weighted by atomic mass is 79.9. The van der Waals surface area contributed by atoms with Crippen molar-refractivity contribution in [2.24, 2.45) is 0 Å². The van der Waals surface area contributed by atoms with Crippen LogP contribution in [0.25, 0.3) is 0 Å². The highest BCUT2D eigenvalue weighted by Gasteiger charge is 2.10. The molecule has 20 heavy (non-hydrogen) atoms. The van der Waals surface area contributed by atoms with Crippen molar-refractivity contribution in [2.45, 2.75) is 32.7 Å². The molecule has 1 saturated heterocycles. The number of piperidine rings is 1. The first kappa shape index (κ1) is 15.8. The quantitative estimate of drug-likeness (QED) is 0.822. The van der Waals surface area contributed by atoms with Crippen molar-refractivity contribution in [1.82, 2.24) is 10.2 Å². The van der Waals surface area contributed by atoms with E-state index in [0.29, 0.717) is 0 Å². The summed E-state index contributed by atoms with van der Waals surface area (Å²) < 4.78 is 7.09. The van der Waals surface area contributed by atoms with E-state index in [-0.39, 0.29) is 0 Å². The molecule has 0 unspecified atom stereocenters. The van der Waals surface area contributed by atoms with E-state index < -0.39 is 0 Å². The first-order chi connectivity index (χ1) is 9.79. The Morgan fingerprint density at radius 3 is 2.80 bits per heavy atom. The van der Waals surface area contributed by atoms with Crippen molar-refractivity contribution in [1.29, 1.82) is 0 Å². The number of rotatable bonds is 7. The van der Waals surface area contributed by atoms with Gasteiger partial charge in [0.05, 0.1) is 0 Å². The van der Waals surface area contributed by atoms with E-state index in [9.17, 15) is 0 Å². The van der Waals surface area contributed by atoms with E-state index in [1.807, 2.05) is 6.07 Å². The zero-order valence-electron chi connectivity index (χ0n) is 12.3. The fraction of sp³-hybridized carbons (Fsp3) is 0.625. The van der Waals surface area contributed by atoms with E-state index in [2.05, 4.69) is 45.2 Å². The minimum Gasteiger partial charge on any atom is -0.492 e. The zero-order chi connectivity index (χ0) is 14.2. The van der Waals surface area contributed by atoms with Gasteiger partial charge in [-0.05, 0) is 50.7 Å². The second-order valence-corrected chi connectivity index (χ2v) is 6.20. The number of hydrogen-bond donors (Lipinski definition) is 1. The molecule has 0 radical (unpaired) electrons. The average molecular weight is 341 g/mol. The lowest BCUT2D eigenvalue weighted by Gasteiger charge is -2.26. The van der Waals surface area contributed by atoms with E-state index in [0.717, 1.165) is 36.5 Å². The van der Waals surface area contributed by atoms with Crippen LogP contribution < -0.4 is 10.1 Å². The van der Waals surface area contributed by atoms with Gasteiger partial charge in [-0.25, -0.2) is 0 Å². The van der Waals surface area contributed by atoms with Crippen LogP contribution in [0.1, 0.15) is 31.7 Å². The Hall–Kier alpha value is -0.580. The van der Waals surface area contributed by atoms with Gasteiger partial charge in [-0.15, -0.1) is 0 Å². The fourth-order valence-corrected chi connectivity index (χ4v) is 2.96. The Balaban J connectivity index is 1.84. The Morgan fingerprint density at radius 1 is 1.25 bits per heavy atom. The molecule has 1 heterocycles. The average Bonchev–Trinajstić information content (AvgIpc) is 2.48. The third-order valence-electron chi connectivity index (χ3n) is 3.70. The minimum atomic E-state index is 0.779. The highest BCUT2D eigenvalue weighted by molar-refractivity contribution is 9.10. The van der Waals surface area contributed by atoms with E-state index in [1.54, 1.807) is 0 Å². The summed E-state index contributed by atoms with van der Waals surface area (Å²) in [6, 6.07) is 6.25. The molecule has 0 bridgehead atoms. The summed E-state index contributed by atoms with van der Waals surface area (Å²) >= 11 is 3.53. The summed E-state index contributed by atoms with van der Waals surface area (Å²) in [4.78, 5) is 2.51. The molecule has 2 rings (SSSR count). The Morgan fingerprint density at radius 2 is 2.05 bits per heavy atom. The Labute approximate surface area is 130 Å². The van der Waals surface area contributed by atoms with Gasteiger partial charge in [0, 0.05) is 23.1 Å². The molecule has 1 aliphatic rings. The lowest BCUT2D eigenvalue weighted by Crippen LogP contribution is -2.33. The monoisotopic (exact) mass is 340 g/mol. The molecule has 4 heteroatoms. The molecular weight excluding hydrogens is 316 g/mol. The summed E-state index contributed by atoms with van der Waals surface area (Å²) in [7, 11) is 0. The van der Waals surface area contributed by atoms with Crippen LogP contribution in [0.5, 0.6) is 5.75 Å². The number of ether oxygens (including phenoxy) is 1. The van der Waals surface area contributed by atoms with Crippen LogP contribution in [0.4, 0.5) is 0 Å². The first-order valence-corrected chi connectivity index (χ1v) is 8.43. The van der Waals surface area contributed by atoms with Gasteiger partial charge in [-0.3, -0.25) is 4.90 Å². The van der Waals surface area contributed by atoms with Gasteiger partial charge in [0.25, 0.3) is 0 Å². The van der Waals surface area contributed by atoms with E-state index in [1.165, 1.54) is 37.9 Å². The molecule has 3 nitrogen and oxygen atoms in total. The van der Waals surface area contributed by atoms with Crippen LogP contribution in [0.15, 0.2) is 22.7 Å². The predicted molar refractivity (Wildman–Crippen MR) is 87.3 cm³/mol. The van der Waals surface area contributed by atoms with E-state index in [4.69, 9.17) is 4.74 Å². The van der Waals surface area contributed by atoms with Crippen molar-refractivity contribution in [3.05, 3.63) is 28.2 Å². The second kappa shape index (κ2) is 8.65. The van der Waals surface area contributed by atoms with Crippen LogP contribution in [-0.2, 0) is 6.54 Å². The number of benzene rings is 1. The molecule has 1 aliphatic heterocycles. The van der Waals surface area contributed by atoms with Gasteiger partial charge in [0.15, 0.2) is 0 Å². The predicted octanol–water partition coefficient (Wildman–Crippen LogP) is 3.42. The summed E-state index contributed by atoms with van der Waals surface area (Å²) in [5.74, 6) is 1.01. The maximum Gasteiger partial charge on any atom is 0.123 e. The van der Waals surface area contributed by atoms with Crippen LogP contribution in [-0.4, -0.2) is 37.7 Å². The highest BCUT2D eigenvalue weighted by Crippen LogP contribution is 2.23. The molecule has 0 aromatic heterocycles. The van der Waals surface area contributed by atoms with Crippen LogP contribution in [0.3, 0.4) is 0 Å². The minimum absolute atomic E-state index is 0.779. The van der Waals surface area contributed by atoms with Crippen molar-refractivity contribution in [3.63, 3.8) is 0 Å². The van der Waals surface area contributed by atoms with Gasteiger partial charge >= 0.3 is 0 Å². The molecule has 0 atom stereocenters. The Bertz CT molecular complexity index is 405. The maximum atomic E-state index is 5.99. The van der Waals surface area contributed by atoms with Crippen molar-refractivity contribution in [3.8, 4) is 5.75 Å². The lowest BCUT2D eigenvalue weighted by molar-refractivity contribution is 0.182. The van der Waals surface area contributed by atoms with Crippen LogP contribution >= 0.6 is 15.9 Å². The number of halogens is 1. The maximum absolute atomic E-state index is 5.99. The molecule has 1 aromatic rings. The standard InChI is InChI=1S/C16H25BrN2O/c1-2-18-13-14-12-15(17)6-7-16(14)20-11-10-19-8-4-3-5-9-19/h6-7,12,18H,2-5,8-11,13H2,1H3. The molecule has 0 amide bonds. The zero-order valence-corrected chi connectivity index (χ0v) is 13.9. The largest absolute Gasteiger partial charge is 0.492 e. The van der Waals surface area contributed by atoms with Crippen molar-refractivity contribution >= 4 is 15.9 Å².